The SMILES string of the molecule is Cc1ccc(C(=O)OCc2ccc(/C=C3\C(=O)Nc4ccc(Br)cc43)o2)cc1. The number of halogens is 1. The van der Waals surface area contributed by atoms with Crippen molar-refractivity contribution in [3.63, 3.8) is 0 Å². The molecule has 0 radical (unpaired) electrons. The minimum Gasteiger partial charge on any atom is -0.458 e. The fourth-order valence-electron chi connectivity index (χ4n) is 2.91. The average Bonchev–Trinajstić information content (AvgIpc) is 3.25. The number of hydrogen-bond donors (Lipinski definition) is 1. The van der Waals surface area contributed by atoms with Crippen LogP contribution in [-0.2, 0) is 16.1 Å². The van der Waals surface area contributed by atoms with Crippen LogP contribution in [0.4, 0.5) is 5.69 Å². The van der Waals surface area contributed by atoms with Gasteiger partial charge in [0.15, 0.2) is 0 Å². The van der Waals surface area contributed by atoms with Gasteiger partial charge < -0.3 is 14.5 Å². The molecule has 3 aromatic rings. The Morgan fingerprint density at radius 1 is 1.14 bits per heavy atom. The van der Waals surface area contributed by atoms with E-state index < -0.39 is 5.97 Å². The lowest BCUT2D eigenvalue weighted by Crippen LogP contribution is -2.04. The van der Waals surface area contributed by atoms with E-state index in [1.807, 2.05) is 37.3 Å². The summed E-state index contributed by atoms with van der Waals surface area (Å²) in [4.78, 5) is 24.3. The van der Waals surface area contributed by atoms with Gasteiger partial charge in [-0.25, -0.2) is 4.79 Å². The fraction of sp³-hybridized carbons (Fsp3) is 0.0909. The first-order chi connectivity index (χ1) is 13.5. The van der Waals surface area contributed by atoms with Crippen molar-refractivity contribution in [1.29, 1.82) is 0 Å². The van der Waals surface area contributed by atoms with Gasteiger partial charge in [0.1, 0.15) is 18.1 Å². The van der Waals surface area contributed by atoms with Crippen molar-refractivity contribution >= 4 is 45.1 Å². The summed E-state index contributed by atoms with van der Waals surface area (Å²) >= 11 is 3.42. The normalized spacial score (nSPS) is 14.1. The molecule has 0 atom stereocenters. The van der Waals surface area contributed by atoms with Crippen LogP contribution in [0.15, 0.2) is 63.5 Å². The summed E-state index contributed by atoms with van der Waals surface area (Å²) in [5.41, 5.74) is 3.66. The van der Waals surface area contributed by atoms with Gasteiger partial charge in [-0.2, -0.15) is 0 Å². The van der Waals surface area contributed by atoms with Gasteiger partial charge in [0.2, 0.25) is 0 Å². The summed E-state index contributed by atoms with van der Waals surface area (Å²) < 4.78 is 11.9. The predicted octanol–water partition coefficient (Wildman–Crippen LogP) is 5.20. The minimum absolute atomic E-state index is 0.0181. The van der Waals surface area contributed by atoms with Gasteiger partial charge in [-0.15, -0.1) is 0 Å². The molecule has 0 saturated carbocycles. The van der Waals surface area contributed by atoms with Gasteiger partial charge in [-0.3, -0.25) is 4.79 Å². The summed E-state index contributed by atoms with van der Waals surface area (Å²) in [5.74, 6) is 0.418. The van der Waals surface area contributed by atoms with E-state index in [0.717, 1.165) is 21.3 Å². The Morgan fingerprint density at radius 2 is 1.93 bits per heavy atom. The van der Waals surface area contributed by atoms with Gasteiger partial charge in [-0.1, -0.05) is 33.6 Å². The number of esters is 1. The zero-order valence-corrected chi connectivity index (χ0v) is 16.6. The van der Waals surface area contributed by atoms with Gasteiger partial charge in [0.25, 0.3) is 5.91 Å². The van der Waals surface area contributed by atoms with Crippen LogP contribution >= 0.6 is 15.9 Å². The third-order valence-corrected chi connectivity index (χ3v) is 4.86. The second-order valence-electron chi connectivity index (χ2n) is 6.45. The Kier molecular flexibility index (Phi) is 4.88. The number of amides is 1. The second-order valence-corrected chi connectivity index (χ2v) is 7.36. The number of nitrogens with one attached hydrogen (secondary N) is 1. The molecule has 6 heteroatoms. The number of furan rings is 1. The van der Waals surface area contributed by atoms with E-state index in [0.29, 0.717) is 22.7 Å². The molecule has 0 unspecified atom stereocenters. The van der Waals surface area contributed by atoms with Crippen molar-refractivity contribution in [2.24, 2.45) is 0 Å². The number of anilines is 1. The van der Waals surface area contributed by atoms with E-state index in [1.54, 1.807) is 30.3 Å². The van der Waals surface area contributed by atoms with Crippen LogP contribution < -0.4 is 5.32 Å². The van der Waals surface area contributed by atoms with E-state index in [1.165, 1.54) is 0 Å². The monoisotopic (exact) mass is 437 g/mol. The van der Waals surface area contributed by atoms with Crippen molar-refractivity contribution in [3.8, 4) is 0 Å². The van der Waals surface area contributed by atoms with Crippen molar-refractivity contribution < 1.29 is 18.7 Å². The van der Waals surface area contributed by atoms with Crippen LogP contribution in [0.25, 0.3) is 11.6 Å². The number of carbonyl (C=O) groups excluding carboxylic acids is 2. The molecule has 0 saturated heterocycles. The highest BCUT2D eigenvalue weighted by atomic mass is 79.9. The molecule has 1 N–H and O–H groups in total. The second kappa shape index (κ2) is 7.48. The molecule has 28 heavy (non-hydrogen) atoms. The van der Waals surface area contributed by atoms with E-state index in [-0.39, 0.29) is 12.5 Å². The first kappa shape index (κ1) is 18.3. The zero-order valence-electron chi connectivity index (χ0n) is 15.0. The van der Waals surface area contributed by atoms with Crippen LogP contribution in [0.3, 0.4) is 0 Å². The van der Waals surface area contributed by atoms with Crippen LogP contribution in [-0.4, -0.2) is 11.9 Å². The van der Waals surface area contributed by atoms with Crippen LogP contribution in [0.2, 0.25) is 0 Å². The van der Waals surface area contributed by atoms with Crippen molar-refractivity contribution in [1.82, 2.24) is 0 Å². The lowest BCUT2D eigenvalue weighted by Gasteiger charge is -2.03. The fourth-order valence-corrected chi connectivity index (χ4v) is 3.27. The lowest BCUT2D eigenvalue weighted by molar-refractivity contribution is -0.110. The molecular formula is C22H16BrNO4. The molecule has 2 heterocycles. The van der Waals surface area contributed by atoms with Gasteiger partial charge in [0.05, 0.1) is 11.1 Å². The Labute approximate surface area is 170 Å². The molecule has 0 fully saturated rings. The highest BCUT2D eigenvalue weighted by Gasteiger charge is 2.24. The van der Waals surface area contributed by atoms with Crippen LogP contribution in [0.5, 0.6) is 0 Å². The van der Waals surface area contributed by atoms with Crippen molar-refractivity contribution in [2.75, 3.05) is 5.32 Å². The lowest BCUT2D eigenvalue weighted by atomic mass is 10.1. The molecule has 1 amide bonds. The van der Waals surface area contributed by atoms with E-state index in [4.69, 9.17) is 9.15 Å². The maximum atomic E-state index is 12.2. The van der Waals surface area contributed by atoms with Gasteiger partial charge in [-0.05, 0) is 55.5 Å². The smallest absolute Gasteiger partial charge is 0.338 e. The van der Waals surface area contributed by atoms with Gasteiger partial charge >= 0.3 is 5.97 Å². The average molecular weight is 438 g/mol. The van der Waals surface area contributed by atoms with Gasteiger partial charge in [0, 0.05) is 15.7 Å². The maximum absolute atomic E-state index is 12.2. The van der Waals surface area contributed by atoms with Crippen LogP contribution in [0.1, 0.15) is 33.0 Å². The number of benzene rings is 2. The summed E-state index contributed by atoms with van der Waals surface area (Å²) in [6.07, 6.45) is 1.68. The predicted molar refractivity (Wildman–Crippen MR) is 110 cm³/mol. The van der Waals surface area contributed by atoms with Crippen molar-refractivity contribution in [3.05, 3.63) is 87.3 Å². The highest BCUT2D eigenvalue weighted by Crippen LogP contribution is 2.35. The van der Waals surface area contributed by atoms with E-state index in [9.17, 15) is 9.59 Å². The Hall–Kier alpha value is -3.12. The molecule has 2 aromatic carbocycles. The molecule has 0 aliphatic carbocycles. The number of aryl methyl sites for hydroxylation is 1. The molecule has 0 bridgehead atoms. The summed E-state index contributed by atoms with van der Waals surface area (Å²) in [7, 11) is 0. The van der Waals surface area contributed by atoms with Crippen molar-refractivity contribution in [2.45, 2.75) is 13.5 Å². The molecule has 1 aliphatic heterocycles. The molecule has 5 nitrogen and oxygen atoms in total. The Morgan fingerprint density at radius 3 is 2.71 bits per heavy atom. The number of rotatable bonds is 4. The summed E-state index contributed by atoms with van der Waals surface area (Å²) in [6, 6.07) is 16.2. The topological polar surface area (TPSA) is 68.5 Å². The molecule has 1 aromatic heterocycles. The minimum atomic E-state index is -0.412. The van der Waals surface area contributed by atoms with E-state index >= 15 is 0 Å². The van der Waals surface area contributed by atoms with E-state index in [2.05, 4.69) is 21.2 Å². The summed E-state index contributed by atoms with van der Waals surface area (Å²) in [6.45, 7) is 1.97. The molecule has 1 aliphatic rings. The first-order valence-electron chi connectivity index (χ1n) is 8.65. The van der Waals surface area contributed by atoms with Crippen LogP contribution in [0, 0.1) is 6.92 Å². The Bertz CT molecular complexity index is 1100. The zero-order chi connectivity index (χ0) is 19.7. The molecule has 0 spiro atoms. The number of carbonyl (C=O) groups is 2. The number of ether oxygens (including phenoxy) is 1. The highest BCUT2D eigenvalue weighted by molar-refractivity contribution is 9.10. The number of fused-ring (bicyclic) bond motifs is 1. The third-order valence-electron chi connectivity index (χ3n) is 4.37. The molecule has 140 valence electrons. The molecular weight excluding hydrogens is 422 g/mol. The Balaban J connectivity index is 1.47. The quantitative estimate of drug-likeness (QED) is 0.449. The standard InChI is InChI=1S/C22H16BrNO4/c1-13-2-4-14(5-3-13)22(26)27-12-17-8-7-16(28-17)11-19-18-10-15(23)6-9-20(18)24-21(19)25/h2-11H,12H2,1H3,(H,24,25)/b19-11-. The first-order valence-corrected chi connectivity index (χ1v) is 9.44. The maximum Gasteiger partial charge on any atom is 0.338 e. The largest absolute Gasteiger partial charge is 0.458 e. The summed E-state index contributed by atoms with van der Waals surface area (Å²) in [5, 5.41) is 2.82. The number of hydrogen-bond acceptors (Lipinski definition) is 4. The third kappa shape index (κ3) is 3.77. The molecule has 4 rings (SSSR count).